The smallest absolute Gasteiger partial charge is 0.319 e. The van der Waals surface area contributed by atoms with Gasteiger partial charge in [0, 0.05) is 17.6 Å². The highest BCUT2D eigenvalue weighted by atomic mass is 79.9. The Bertz CT molecular complexity index is 436. The number of hydrogen-bond acceptors (Lipinski definition) is 2. The van der Waals surface area contributed by atoms with Gasteiger partial charge in [-0.25, -0.2) is 4.79 Å². The molecule has 1 aromatic carbocycles. The minimum atomic E-state index is -0.269. The summed E-state index contributed by atoms with van der Waals surface area (Å²) in [6, 6.07) is 5.03. The van der Waals surface area contributed by atoms with E-state index < -0.39 is 0 Å². The van der Waals surface area contributed by atoms with Crippen molar-refractivity contribution >= 4 is 39.2 Å². The van der Waals surface area contributed by atoms with Crippen molar-refractivity contribution in [1.29, 1.82) is 0 Å². The molecule has 0 bridgehead atoms. The molecule has 1 aliphatic rings. The molecule has 98 valence electrons. The molecule has 1 fully saturated rings. The highest BCUT2D eigenvalue weighted by molar-refractivity contribution is 9.10. The molecule has 2 N–H and O–H groups in total. The zero-order valence-corrected chi connectivity index (χ0v) is 12.1. The molecule has 0 aliphatic carbocycles. The number of carbonyl (C=O) groups excluding carboxylic acids is 1. The molecule has 0 spiro atoms. The van der Waals surface area contributed by atoms with Gasteiger partial charge in [-0.1, -0.05) is 27.5 Å². The van der Waals surface area contributed by atoms with E-state index in [0.29, 0.717) is 17.3 Å². The fourth-order valence-electron chi connectivity index (χ4n) is 1.77. The molecule has 1 saturated heterocycles. The highest BCUT2D eigenvalue weighted by Crippen LogP contribution is 2.25. The lowest BCUT2D eigenvalue weighted by Crippen LogP contribution is -2.35. The van der Waals surface area contributed by atoms with Gasteiger partial charge in [0.05, 0.1) is 16.8 Å². The van der Waals surface area contributed by atoms with Crippen LogP contribution in [0.3, 0.4) is 0 Å². The molecule has 1 aliphatic heterocycles. The molecule has 1 heterocycles. The Labute approximate surface area is 119 Å². The zero-order valence-electron chi connectivity index (χ0n) is 9.71. The number of carbonyl (C=O) groups is 1. The van der Waals surface area contributed by atoms with Crippen molar-refractivity contribution in [2.24, 2.45) is 0 Å². The first-order valence-electron chi connectivity index (χ1n) is 5.76. The molecule has 1 aromatic rings. The maximum Gasteiger partial charge on any atom is 0.319 e. The zero-order chi connectivity index (χ0) is 13.0. The molecule has 1 unspecified atom stereocenters. The second-order valence-electron chi connectivity index (χ2n) is 4.09. The van der Waals surface area contributed by atoms with E-state index in [4.69, 9.17) is 16.3 Å². The van der Waals surface area contributed by atoms with Crippen molar-refractivity contribution in [3.63, 3.8) is 0 Å². The van der Waals surface area contributed by atoms with Gasteiger partial charge in [-0.15, -0.1) is 0 Å². The lowest BCUT2D eigenvalue weighted by molar-refractivity contribution is 0.112. The number of anilines is 1. The van der Waals surface area contributed by atoms with Gasteiger partial charge >= 0.3 is 6.03 Å². The fraction of sp³-hybridized carbons (Fsp3) is 0.417. The van der Waals surface area contributed by atoms with Crippen LogP contribution in [0.25, 0.3) is 0 Å². The number of nitrogens with one attached hydrogen (secondary N) is 2. The summed E-state index contributed by atoms with van der Waals surface area (Å²) in [7, 11) is 0. The molecule has 0 radical (unpaired) electrons. The molecule has 0 saturated carbocycles. The Balaban J connectivity index is 1.82. The van der Waals surface area contributed by atoms with Crippen molar-refractivity contribution in [2.75, 3.05) is 18.5 Å². The first-order chi connectivity index (χ1) is 8.65. The van der Waals surface area contributed by atoms with Crippen LogP contribution in [0.2, 0.25) is 5.02 Å². The summed E-state index contributed by atoms with van der Waals surface area (Å²) in [6.07, 6.45) is 2.20. The molecule has 0 aromatic heterocycles. The number of halogens is 2. The number of urea groups is 1. The third-order valence-electron chi connectivity index (χ3n) is 2.69. The van der Waals surface area contributed by atoms with Crippen molar-refractivity contribution < 1.29 is 9.53 Å². The van der Waals surface area contributed by atoms with E-state index >= 15 is 0 Å². The maximum absolute atomic E-state index is 11.7. The first kappa shape index (κ1) is 13.6. The van der Waals surface area contributed by atoms with Crippen LogP contribution in [0.5, 0.6) is 0 Å². The Morgan fingerprint density at radius 1 is 1.56 bits per heavy atom. The first-order valence-corrected chi connectivity index (χ1v) is 6.94. The van der Waals surface area contributed by atoms with Crippen molar-refractivity contribution in [3.8, 4) is 0 Å². The monoisotopic (exact) mass is 332 g/mol. The Kier molecular flexibility index (Phi) is 4.86. The Hall–Kier alpha value is -0.780. The molecule has 4 nitrogen and oxygen atoms in total. The van der Waals surface area contributed by atoms with E-state index in [1.54, 1.807) is 12.1 Å². The normalized spacial score (nSPS) is 18.7. The topological polar surface area (TPSA) is 50.4 Å². The summed E-state index contributed by atoms with van der Waals surface area (Å²) in [6.45, 7) is 1.31. The van der Waals surface area contributed by atoms with Gasteiger partial charge < -0.3 is 15.4 Å². The van der Waals surface area contributed by atoms with Crippen molar-refractivity contribution in [2.45, 2.75) is 18.9 Å². The maximum atomic E-state index is 11.7. The predicted molar refractivity (Wildman–Crippen MR) is 75.1 cm³/mol. The van der Waals surface area contributed by atoms with Gasteiger partial charge in [-0.05, 0) is 31.0 Å². The highest BCUT2D eigenvalue weighted by Gasteiger charge is 2.16. The van der Waals surface area contributed by atoms with Crippen LogP contribution >= 0.6 is 27.5 Å². The third kappa shape index (κ3) is 3.86. The van der Waals surface area contributed by atoms with Crippen LogP contribution in [0.1, 0.15) is 12.8 Å². The number of rotatable bonds is 3. The summed E-state index contributed by atoms with van der Waals surface area (Å²) in [5, 5.41) is 5.97. The van der Waals surface area contributed by atoms with E-state index in [0.717, 1.165) is 23.9 Å². The molecular weight excluding hydrogens is 320 g/mol. The van der Waals surface area contributed by atoms with Gasteiger partial charge in [0.1, 0.15) is 0 Å². The number of ether oxygens (including phenoxy) is 1. The van der Waals surface area contributed by atoms with Crippen molar-refractivity contribution in [1.82, 2.24) is 5.32 Å². The quantitative estimate of drug-likeness (QED) is 0.890. The number of amides is 2. The largest absolute Gasteiger partial charge is 0.376 e. The van der Waals surface area contributed by atoms with Gasteiger partial charge in [0.25, 0.3) is 0 Å². The van der Waals surface area contributed by atoms with Crippen LogP contribution in [0, 0.1) is 0 Å². The minimum Gasteiger partial charge on any atom is -0.376 e. The molecule has 6 heteroatoms. The lowest BCUT2D eigenvalue weighted by Gasteiger charge is -2.12. The second kappa shape index (κ2) is 6.41. The van der Waals surface area contributed by atoms with Gasteiger partial charge in [-0.2, -0.15) is 0 Å². The molecular formula is C12H14BrClN2O2. The summed E-state index contributed by atoms with van der Waals surface area (Å²) >= 11 is 9.31. The van der Waals surface area contributed by atoms with Gasteiger partial charge in [0.15, 0.2) is 0 Å². The van der Waals surface area contributed by atoms with Crippen LogP contribution in [-0.2, 0) is 4.74 Å². The fourth-order valence-corrected chi connectivity index (χ4v) is 2.49. The minimum absolute atomic E-state index is 0.135. The summed E-state index contributed by atoms with van der Waals surface area (Å²) in [4.78, 5) is 11.7. The Morgan fingerprint density at radius 2 is 2.39 bits per heavy atom. The number of benzene rings is 1. The van der Waals surface area contributed by atoms with Crippen LogP contribution in [-0.4, -0.2) is 25.3 Å². The third-order valence-corrected chi connectivity index (χ3v) is 3.50. The average Bonchev–Trinajstić information content (AvgIpc) is 2.83. The number of hydrogen-bond donors (Lipinski definition) is 2. The average molecular weight is 334 g/mol. The van der Waals surface area contributed by atoms with E-state index in [9.17, 15) is 4.79 Å². The van der Waals surface area contributed by atoms with E-state index in [1.165, 1.54) is 0 Å². The van der Waals surface area contributed by atoms with Gasteiger partial charge in [0.2, 0.25) is 0 Å². The van der Waals surface area contributed by atoms with Crippen LogP contribution in [0.4, 0.5) is 10.5 Å². The molecule has 18 heavy (non-hydrogen) atoms. The second-order valence-corrected chi connectivity index (χ2v) is 5.42. The standard InChI is InChI=1S/C12H14BrClN2O2/c13-8-3-4-11(10(14)6-8)16-12(17)15-7-9-2-1-5-18-9/h3-4,6,9H,1-2,5,7H2,(H2,15,16,17). The molecule has 2 rings (SSSR count). The van der Waals surface area contributed by atoms with E-state index in [-0.39, 0.29) is 12.1 Å². The van der Waals surface area contributed by atoms with Gasteiger partial charge in [-0.3, -0.25) is 0 Å². The Morgan fingerprint density at radius 3 is 3.06 bits per heavy atom. The summed E-state index contributed by atoms with van der Waals surface area (Å²) in [5.41, 5.74) is 0.588. The SMILES string of the molecule is O=C(NCC1CCCO1)Nc1ccc(Br)cc1Cl. The van der Waals surface area contributed by atoms with Crippen LogP contribution in [0.15, 0.2) is 22.7 Å². The van der Waals surface area contributed by atoms with E-state index in [2.05, 4.69) is 26.6 Å². The predicted octanol–water partition coefficient (Wildman–Crippen LogP) is 3.40. The van der Waals surface area contributed by atoms with Crippen molar-refractivity contribution in [3.05, 3.63) is 27.7 Å². The summed E-state index contributed by atoms with van der Waals surface area (Å²) < 4.78 is 6.29. The molecule has 2 amide bonds. The molecule has 1 atom stereocenters. The lowest BCUT2D eigenvalue weighted by atomic mass is 10.2. The summed E-state index contributed by atoms with van der Waals surface area (Å²) in [5.74, 6) is 0. The van der Waals surface area contributed by atoms with Crippen LogP contribution < -0.4 is 10.6 Å². The van der Waals surface area contributed by atoms with E-state index in [1.807, 2.05) is 6.07 Å².